The van der Waals surface area contributed by atoms with E-state index in [1.165, 1.54) is 49.7 Å². The molecule has 1 aliphatic rings. The number of hydrogen-bond acceptors (Lipinski definition) is 3. The first kappa shape index (κ1) is 31.1. The molecule has 30 heavy (non-hydrogen) atoms. The first-order valence-electron chi connectivity index (χ1n) is 11.2. The van der Waals surface area contributed by atoms with E-state index in [1.54, 1.807) is 7.11 Å². The van der Waals surface area contributed by atoms with Crippen LogP contribution in [-0.4, -0.2) is 40.0 Å². The van der Waals surface area contributed by atoms with Gasteiger partial charge in [0, 0.05) is 6.51 Å². The molecule has 6 heteroatoms. The Hall–Kier alpha value is -1.14. The van der Waals surface area contributed by atoms with Gasteiger partial charge in [0.15, 0.2) is 0 Å². The molecule has 0 amide bonds. The largest absolute Gasteiger partial charge is 0.497 e. The molecule has 0 aromatic heterocycles. The van der Waals surface area contributed by atoms with Crippen LogP contribution in [0.2, 0.25) is 0 Å². The Morgan fingerprint density at radius 2 is 1.83 bits per heavy atom. The van der Waals surface area contributed by atoms with Gasteiger partial charge in [0.2, 0.25) is 6.93 Å². The van der Waals surface area contributed by atoms with Crippen molar-refractivity contribution in [1.82, 2.24) is 0 Å². The normalized spacial score (nSPS) is 22.7. The molecule has 0 heterocycles. The lowest BCUT2D eigenvalue weighted by atomic mass is 9.72. The lowest BCUT2D eigenvalue weighted by Crippen LogP contribution is -2.31. The minimum Gasteiger partial charge on any atom is -0.497 e. The number of hydrogen-bond donors (Lipinski definition) is 2. The van der Waals surface area contributed by atoms with Crippen LogP contribution >= 0.6 is 0 Å². The topological polar surface area (TPSA) is 55.5 Å². The number of aryl methyl sites for hydroxylation is 1. The van der Waals surface area contributed by atoms with Gasteiger partial charge in [-0.25, -0.2) is 8.78 Å². The first-order chi connectivity index (χ1) is 14.4. The summed E-state index contributed by atoms with van der Waals surface area (Å²) >= 11 is 0. The van der Waals surface area contributed by atoms with Crippen LogP contribution in [0.4, 0.5) is 8.78 Å². The zero-order valence-electron chi connectivity index (χ0n) is 20.0. The van der Waals surface area contributed by atoms with Crippen molar-refractivity contribution in [3.05, 3.63) is 29.3 Å². The maximum absolute atomic E-state index is 9.62. The van der Waals surface area contributed by atoms with Gasteiger partial charge in [-0.05, 0) is 79.7 Å². The van der Waals surface area contributed by atoms with Crippen molar-refractivity contribution >= 4 is 7.85 Å². The molecule has 3 nitrogen and oxygen atoms in total. The summed E-state index contributed by atoms with van der Waals surface area (Å²) in [5, 5.41) is 7.35. The molecule has 1 fully saturated rings. The average molecular weight is 427 g/mol. The number of halogens is 2. The van der Waals surface area contributed by atoms with Crippen LogP contribution in [0.3, 0.4) is 0 Å². The van der Waals surface area contributed by atoms with Gasteiger partial charge < -0.3 is 15.6 Å². The molecule has 0 bridgehead atoms. The van der Waals surface area contributed by atoms with Crippen LogP contribution in [-0.2, 0) is 0 Å². The number of alkyl halides is 2. The monoisotopic (exact) mass is 427 g/mol. The molecule has 3 N–H and O–H groups in total. The summed E-state index contributed by atoms with van der Waals surface area (Å²) in [5.74, 6) is 2.37. The van der Waals surface area contributed by atoms with Crippen LogP contribution in [0.15, 0.2) is 18.2 Å². The van der Waals surface area contributed by atoms with Crippen molar-refractivity contribution in [3.8, 4) is 5.75 Å². The Balaban J connectivity index is 0. The van der Waals surface area contributed by atoms with Crippen molar-refractivity contribution in [2.45, 2.75) is 79.1 Å². The lowest BCUT2D eigenvalue weighted by molar-refractivity contribution is 0.201. The van der Waals surface area contributed by atoms with Crippen LogP contribution < -0.4 is 10.5 Å². The third-order valence-corrected chi connectivity index (χ3v) is 6.08. The predicted octanol–water partition coefficient (Wildman–Crippen LogP) is 6.06. The van der Waals surface area contributed by atoms with Gasteiger partial charge in [0.1, 0.15) is 13.6 Å². The standard InChI is InChI=1S/C20H33NO.C2H6.CH3BO.CH2F2/c1-5-16-13-20(6-2,14-21)11-7-8-18(16)19-12-17(22-4)10-9-15(19)3;1-2;2*2-1-3/h9-10,12,16,18H,5-8,11,13-14,21H2,1-4H3;1-2H3;3H,1H2;1H2. The maximum atomic E-state index is 9.62. The van der Waals surface area contributed by atoms with E-state index in [0.29, 0.717) is 11.3 Å². The second-order valence-corrected chi connectivity index (χ2v) is 7.43. The number of methoxy groups -OCH3 is 1. The summed E-state index contributed by atoms with van der Waals surface area (Å²) in [4.78, 5) is 0. The minimum atomic E-state index is -1.75. The summed E-state index contributed by atoms with van der Waals surface area (Å²) in [5.41, 5.74) is 9.44. The molecule has 1 aliphatic carbocycles. The summed E-state index contributed by atoms with van der Waals surface area (Å²) in [7, 11) is 6.16. The van der Waals surface area contributed by atoms with E-state index >= 15 is 0 Å². The summed E-state index contributed by atoms with van der Waals surface area (Å²) in [6, 6.07) is 6.55. The van der Waals surface area contributed by atoms with Gasteiger partial charge in [-0.15, -0.1) is 0 Å². The second-order valence-electron chi connectivity index (χ2n) is 7.43. The fraction of sp³-hybridized carbons (Fsp3) is 0.750. The highest BCUT2D eigenvalue weighted by molar-refractivity contribution is 6.07. The highest BCUT2D eigenvalue weighted by Crippen LogP contribution is 2.47. The molecule has 0 spiro atoms. The van der Waals surface area contributed by atoms with Gasteiger partial charge in [0.25, 0.3) is 0 Å². The molecule has 1 aromatic rings. The molecule has 3 unspecified atom stereocenters. The molecule has 1 saturated carbocycles. The van der Waals surface area contributed by atoms with Crippen LogP contribution in [0, 0.1) is 18.3 Å². The van der Waals surface area contributed by atoms with Crippen LogP contribution in [0.5, 0.6) is 5.75 Å². The Morgan fingerprint density at radius 1 is 1.27 bits per heavy atom. The Labute approximate surface area is 185 Å². The molecule has 1 aromatic carbocycles. The number of aliphatic hydroxyl groups excluding tert-OH is 1. The van der Waals surface area contributed by atoms with Crippen molar-refractivity contribution in [1.29, 1.82) is 0 Å². The number of nitrogens with two attached hydrogens (primary N) is 1. The van der Waals surface area contributed by atoms with Crippen LogP contribution in [0.25, 0.3) is 0 Å². The fourth-order valence-electron chi connectivity index (χ4n) is 4.37. The smallest absolute Gasteiger partial charge is 0.229 e. The Bertz CT molecular complexity index is 526. The van der Waals surface area contributed by atoms with E-state index in [2.05, 4.69) is 46.8 Å². The third kappa shape index (κ3) is 10.3. The number of benzene rings is 1. The quantitative estimate of drug-likeness (QED) is 0.444. The summed E-state index contributed by atoms with van der Waals surface area (Å²) < 4.78 is 24.7. The Kier molecular flexibility index (Phi) is 19.3. The van der Waals surface area contributed by atoms with E-state index in [-0.39, 0.29) is 6.51 Å². The first-order valence-corrected chi connectivity index (χ1v) is 11.2. The molecule has 0 aliphatic heterocycles. The van der Waals surface area contributed by atoms with Crippen molar-refractivity contribution < 1.29 is 18.6 Å². The van der Waals surface area contributed by atoms with Gasteiger partial charge in [-0.2, -0.15) is 0 Å². The molecule has 174 valence electrons. The van der Waals surface area contributed by atoms with E-state index in [9.17, 15) is 8.78 Å². The fourth-order valence-corrected chi connectivity index (χ4v) is 4.37. The van der Waals surface area contributed by atoms with Crippen molar-refractivity contribution in [3.63, 3.8) is 0 Å². The zero-order chi connectivity index (χ0) is 23.6. The van der Waals surface area contributed by atoms with Crippen molar-refractivity contribution in [2.75, 3.05) is 27.1 Å². The number of ether oxygens (including phenoxy) is 1. The molecular weight excluding hydrogens is 383 g/mol. The summed E-state index contributed by atoms with van der Waals surface area (Å²) in [6.07, 6.45) is 7.60. The molecule has 2 radical (unpaired) electrons. The van der Waals surface area contributed by atoms with Gasteiger partial charge in [0.05, 0.1) is 7.11 Å². The maximum Gasteiger partial charge on any atom is 0.229 e. The number of rotatable bonds is 5. The molecule has 0 saturated heterocycles. The van der Waals surface area contributed by atoms with E-state index in [4.69, 9.17) is 15.6 Å². The molecular formula is C24H44BF2NO2. The third-order valence-electron chi connectivity index (χ3n) is 6.08. The Morgan fingerprint density at radius 3 is 2.27 bits per heavy atom. The predicted molar refractivity (Wildman–Crippen MR) is 126 cm³/mol. The number of aliphatic hydroxyl groups is 1. The minimum absolute atomic E-state index is 0.250. The zero-order valence-corrected chi connectivity index (χ0v) is 20.0. The molecule has 2 rings (SSSR count). The van der Waals surface area contributed by atoms with E-state index in [0.717, 1.165) is 18.2 Å². The molecule has 3 atom stereocenters. The van der Waals surface area contributed by atoms with E-state index < -0.39 is 6.93 Å². The SMILES string of the molecule is CC.CCC1CC(CC)(CN)CCCC1c1cc(OC)ccc1C.FCF.[B]CO. The van der Waals surface area contributed by atoms with Gasteiger partial charge in [-0.3, -0.25) is 0 Å². The van der Waals surface area contributed by atoms with Crippen LogP contribution in [0.1, 0.15) is 83.3 Å². The van der Waals surface area contributed by atoms with Crippen molar-refractivity contribution in [2.24, 2.45) is 17.1 Å². The highest BCUT2D eigenvalue weighted by atomic mass is 19.3. The van der Waals surface area contributed by atoms with Gasteiger partial charge >= 0.3 is 0 Å². The van der Waals surface area contributed by atoms with E-state index in [1.807, 2.05) is 13.8 Å². The second kappa shape index (κ2) is 18.6. The summed E-state index contributed by atoms with van der Waals surface area (Å²) in [6.45, 7) is 9.73. The average Bonchev–Trinajstić information content (AvgIpc) is 2.96. The highest BCUT2D eigenvalue weighted by Gasteiger charge is 2.36. The lowest BCUT2D eigenvalue weighted by Gasteiger charge is -2.34. The van der Waals surface area contributed by atoms with Gasteiger partial charge in [-0.1, -0.05) is 46.6 Å².